The molecular weight excluding hydrogens is 320 g/mol. The Morgan fingerprint density at radius 1 is 1.36 bits per heavy atom. The molecule has 0 aromatic heterocycles. The van der Waals surface area contributed by atoms with Crippen LogP contribution in [-0.4, -0.2) is 34.8 Å². The number of nitriles is 1. The van der Waals surface area contributed by atoms with Gasteiger partial charge in [-0.05, 0) is 37.8 Å². The van der Waals surface area contributed by atoms with Crippen molar-refractivity contribution in [2.45, 2.75) is 39.2 Å². The molecule has 0 aliphatic carbocycles. The Balaban J connectivity index is 2.04. The van der Waals surface area contributed by atoms with E-state index in [0.717, 1.165) is 11.3 Å². The van der Waals surface area contributed by atoms with Gasteiger partial charge in [-0.15, -0.1) is 0 Å². The molecule has 4 amide bonds. The van der Waals surface area contributed by atoms with E-state index in [1.165, 1.54) is 0 Å². The fourth-order valence-corrected chi connectivity index (χ4v) is 2.66. The molecule has 1 heterocycles. The summed E-state index contributed by atoms with van der Waals surface area (Å²) < 4.78 is 0. The molecule has 0 radical (unpaired) electrons. The number of hydrogen-bond donors (Lipinski definition) is 2. The Bertz CT molecular complexity index is 738. The van der Waals surface area contributed by atoms with Crippen LogP contribution in [0.3, 0.4) is 0 Å². The topological polar surface area (TPSA) is 102 Å². The van der Waals surface area contributed by atoms with Crippen LogP contribution >= 0.6 is 0 Å². The van der Waals surface area contributed by atoms with Crippen LogP contribution in [0.4, 0.5) is 10.5 Å². The van der Waals surface area contributed by atoms with Gasteiger partial charge >= 0.3 is 6.03 Å². The van der Waals surface area contributed by atoms with Gasteiger partial charge < -0.3 is 10.6 Å². The summed E-state index contributed by atoms with van der Waals surface area (Å²) in [5.41, 5.74) is -0.314. The summed E-state index contributed by atoms with van der Waals surface area (Å²) in [6.45, 7) is 5.38. The molecule has 1 aromatic rings. The molecule has 132 valence electrons. The maximum absolute atomic E-state index is 12.6. The summed E-state index contributed by atoms with van der Waals surface area (Å²) in [6.07, 6.45) is 1.31. The maximum atomic E-state index is 12.6. The highest BCUT2D eigenvalue weighted by Gasteiger charge is 2.47. The smallest absolute Gasteiger partial charge is 0.323 e. The van der Waals surface area contributed by atoms with Gasteiger partial charge in [0.05, 0.1) is 11.3 Å². The number of rotatable bonds is 6. The molecule has 1 aliphatic rings. The molecule has 1 fully saturated rings. The molecule has 25 heavy (non-hydrogen) atoms. The standard InChI is InChI=1S/C18H22N4O3/c1-12(2)8-9-18(3)16(24)22(17(25)21-18)11-15(23)20-14-7-5-4-6-13(14)10-19/h4-7,12H,8-9,11H2,1-3H3,(H,20,23)(H,21,25)/t18-/m1/s1. The average Bonchev–Trinajstić information content (AvgIpc) is 2.77. The first kappa shape index (κ1) is 18.5. The lowest BCUT2D eigenvalue weighted by Gasteiger charge is -2.22. The van der Waals surface area contributed by atoms with Crippen molar-refractivity contribution in [2.75, 3.05) is 11.9 Å². The summed E-state index contributed by atoms with van der Waals surface area (Å²) in [7, 11) is 0. The molecule has 1 saturated heterocycles. The number of amides is 4. The zero-order valence-corrected chi connectivity index (χ0v) is 14.6. The van der Waals surface area contributed by atoms with E-state index in [4.69, 9.17) is 5.26 Å². The monoisotopic (exact) mass is 342 g/mol. The number of benzene rings is 1. The number of nitrogens with one attached hydrogen (secondary N) is 2. The van der Waals surface area contributed by atoms with E-state index in [-0.39, 0.29) is 6.54 Å². The third-order valence-corrected chi connectivity index (χ3v) is 4.19. The van der Waals surface area contributed by atoms with Gasteiger partial charge in [-0.3, -0.25) is 14.5 Å². The van der Waals surface area contributed by atoms with Crippen molar-refractivity contribution < 1.29 is 14.4 Å². The van der Waals surface area contributed by atoms with Crippen molar-refractivity contribution in [1.29, 1.82) is 5.26 Å². The van der Waals surface area contributed by atoms with E-state index < -0.39 is 23.4 Å². The SMILES string of the molecule is CC(C)CC[C@@]1(C)NC(=O)N(CC(=O)Nc2ccccc2C#N)C1=O. The van der Waals surface area contributed by atoms with Crippen molar-refractivity contribution >= 4 is 23.5 Å². The second-order valence-corrected chi connectivity index (χ2v) is 6.79. The normalized spacial score (nSPS) is 19.7. The van der Waals surface area contributed by atoms with Crippen LogP contribution in [0.2, 0.25) is 0 Å². The van der Waals surface area contributed by atoms with E-state index in [0.29, 0.717) is 23.6 Å². The summed E-state index contributed by atoms with van der Waals surface area (Å²) in [4.78, 5) is 37.8. The number of para-hydroxylation sites is 1. The van der Waals surface area contributed by atoms with Crippen LogP contribution in [0, 0.1) is 17.2 Å². The predicted octanol–water partition coefficient (Wildman–Crippen LogP) is 2.24. The molecule has 0 spiro atoms. The number of carbonyl (C=O) groups is 3. The number of anilines is 1. The fraction of sp³-hybridized carbons (Fsp3) is 0.444. The van der Waals surface area contributed by atoms with Crippen LogP contribution in [0.1, 0.15) is 39.2 Å². The summed E-state index contributed by atoms with van der Waals surface area (Å²) >= 11 is 0. The minimum atomic E-state index is -0.980. The Kier molecular flexibility index (Phi) is 5.42. The van der Waals surface area contributed by atoms with Crippen LogP contribution < -0.4 is 10.6 Å². The second-order valence-electron chi connectivity index (χ2n) is 6.79. The third kappa shape index (κ3) is 4.15. The zero-order chi connectivity index (χ0) is 18.6. The van der Waals surface area contributed by atoms with Gasteiger partial charge in [0, 0.05) is 0 Å². The molecule has 1 aromatic carbocycles. The van der Waals surface area contributed by atoms with Crippen molar-refractivity contribution in [3.8, 4) is 6.07 Å². The first-order valence-electron chi connectivity index (χ1n) is 8.20. The number of urea groups is 1. The molecule has 2 N–H and O–H groups in total. The molecule has 1 atom stereocenters. The summed E-state index contributed by atoms with van der Waals surface area (Å²) in [5.74, 6) is -0.525. The van der Waals surface area contributed by atoms with E-state index in [9.17, 15) is 14.4 Å². The molecule has 1 aliphatic heterocycles. The maximum Gasteiger partial charge on any atom is 0.325 e. The van der Waals surface area contributed by atoms with Gasteiger partial charge in [0.25, 0.3) is 5.91 Å². The second kappa shape index (κ2) is 7.34. The Morgan fingerprint density at radius 3 is 2.68 bits per heavy atom. The van der Waals surface area contributed by atoms with Crippen LogP contribution in [-0.2, 0) is 9.59 Å². The average molecular weight is 342 g/mol. The van der Waals surface area contributed by atoms with Crippen molar-refractivity contribution in [2.24, 2.45) is 5.92 Å². The summed E-state index contributed by atoms with van der Waals surface area (Å²) in [5, 5.41) is 14.3. The largest absolute Gasteiger partial charge is 0.325 e. The van der Waals surface area contributed by atoms with E-state index >= 15 is 0 Å². The molecule has 0 saturated carbocycles. The van der Waals surface area contributed by atoms with Crippen LogP contribution in [0.5, 0.6) is 0 Å². The highest BCUT2D eigenvalue weighted by molar-refractivity contribution is 6.10. The lowest BCUT2D eigenvalue weighted by molar-refractivity contribution is -0.133. The highest BCUT2D eigenvalue weighted by atomic mass is 16.2. The van der Waals surface area contributed by atoms with Gasteiger partial charge in [0.15, 0.2) is 0 Å². The molecule has 0 bridgehead atoms. The lowest BCUT2D eigenvalue weighted by Crippen LogP contribution is -2.44. The van der Waals surface area contributed by atoms with E-state index in [2.05, 4.69) is 10.6 Å². The number of hydrogen-bond acceptors (Lipinski definition) is 4. The van der Waals surface area contributed by atoms with E-state index in [1.54, 1.807) is 31.2 Å². The molecule has 2 rings (SSSR count). The quantitative estimate of drug-likeness (QED) is 0.774. The van der Waals surface area contributed by atoms with Crippen molar-refractivity contribution in [3.05, 3.63) is 29.8 Å². The van der Waals surface area contributed by atoms with Crippen LogP contribution in [0.15, 0.2) is 24.3 Å². The Labute approximate surface area is 147 Å². The van der Waals surface area contributed by atoms with Gasteiger partial charge in [-0.25, -0.2) is 4.79 Å². The molecule has 0 unspecified atom stereocenters. The van der Waals surface area contributed by atoms with Crippen LogP contribution in [0.25, 0.3) is 0 Å². The Morgan fingerprint density at radius 2 is 2.04 bits per heavy atom. The predicted molar refractivity (Wildman–Crippen MR) is 92.5 cm³/mol. The molecular formula is C18H22N4O3. The first-order chi connectivity index (χ1) is 11.8. The van der Waals surface area contributed by atoms with Gasteiger partial charge in [0.2, 0.25) is 5.91 Å². The van der Waals surface area contributed by atoms with Gasteiger partial charge in [-0.2, -0.15) is 5.26 Å². The van der Waals surface area contributed by atoms with Crippen molar-refractivity contribution in [1.82, 2.24) is 10.2 Å². The van der Waals surface area contributed by atoms with Gasteiger partial charge in [0.1, 0.15) is 18.2 Å². The number of carbonyl (C=O) groups excluding carboxylic acids is 3. The fourth-order valence-electron chi connectivity index (χ4n) is 2.66. The minimum Gasteiger partial charge on any atom is -0.323 e. The molecule has 7 heteroatoms. The minimum absolute atomic E-state index is 0.315. The van der Waals surface area contributed by atoms with Gasteiger partial charge in [-0.1, -0.05) is 26.0 Å². The van der Waals surface area contributed by atoms with E-state index in [1.807, 2.05) is 19.9 Å². The molecule has 7 nitrogen and oxygen atoms in total. The summed E-state index contributed by atoms with van der Waals surface area (Å²) in [6, 6.07) is 7.95. The third-order valence-electron chi connectivity index (χ3n) is 4.19. The lowest BCUT2D eigenvalue weighted by atomic mass is 9.92. The highest BCUT2D eigenvalue weighted by Crippen LogP contribution is 2.24. The zero-order valence-electron chi connectivity index (χ0n) is 14.6. The number of nitrogens with zero attached hydrogens (tertiary/aromatic N) is 2. The number of imide groups is 1. The first-order valence-corrected chi connectivity index (χ1v) is 8.20. The van der Waals surface area contributed by atoms with Crippen molar-refractivity contribution in [3.63, 3.8) is 0 Å². The Hall–Kier alpha value is -2.88.